The van der Waals surface area contributed by atoms with Crippen molar-refractivity contribution >= 4 is 59.7 Å². The maximum atomic E-state index is 6.41. The van der Waals surface area contributed by atoms with Crippen molar-refractivity contribution in [1.29, 1.82) is 0 Å². The second-order valence-corrected chi connectivity index (χ2v) is 11.6. The Morgan fingerprint density at radius 1 is 0.634 bits per heavy atom. The van der Waals surface area contributed by atoms with E-state index in [4.69, 9.17) is 12.5 Å². The van der Waals surface area contributed by atoms with Crippen LogP contribution >= 0.6 is 0 Å². The Labute approximate surface area is 245 Å². The van der Waals surface area contributed by atoms with E-state index in [1.807, 2.05) is 35.2 Å². The SMILES string of the molecule is [B]C(C)(C)C(C)(C)O[B]c1ccc2c3ccccc3n(-c3ccccc3N(c3ccccc3)c3ccccc3)c2c1. The first-order valence-corrected chi connectivity index (χ1v) is 14.1. The maximum Gasteiger partial charge on any atom is 0.330 e. The van der Waals surface area contributed by atoms with Gasteiger partial charge < -0.3 is 14.1 Å². The Hall–Kier alpha value is -4.21. The van der Waals surface area contributed by atoms with Gasteiger partial charge in [0.25, 0.3) is 0 Å². The third-order valence-corrected chi connectivity index (χ3v) is 8.13. The summed E-state index contributed by atoms with van der Waals surface area (Å²) < 4.78 is 8.63. The second-order valence-electron chi connectivity index (χ2n) is 11.6. The van der Waals surface area contributed by atoms with Crippen LogP contribution in [-0.4, -0.2) is 25.5 Å². The molecule has 6 aromatic rings. The normalized spacial score (nSPS) is 12.1. The third kappa shape index (κ3) is 5.07. The number of aromatic nitrogens is 1. The van der Waals surface area contributed by atoms with Gasteiger partial charge in [-0.05, 0) is 67.7 Å². The molecule has 3 radical (unpaired) electrons. The van der Waals surface area contributed by atoms with Gasteiger partial charge in [0.05, 0.1) is 30.3 Å². The Balaban J connectivity index is 1.56. The first kappa shape index (κ1) is 27.0. The van der Waals surface area contributed by atoms with E-state index in [9.17, 15) is 0 Å². The van der Waals surface area contributed by atoms with Gasteiger partial charge in [0.2, 0.25) is 0 Å². The Bertz CT molecular complexity index is 1770. The van der Waals surface area contributed by atoms with Crippen LogP contribution in [0.1, 0.15) is 27.7 Å². The third-order valence-electron chi connectivity index (χ3n) is 8.13. The maximum absolute atomic E-state index is 6.41. The topological polar surface area (TPSA) is 17.4 Å². The molecule has 0 bridgehead atoms. The minimum atomic E-state index is -0.535. The van der Waals surface area contributed by atoms with Gasteiger partial charge in [-0.1, -0.05) is 98.2 Å². The lowest BCUT2D eigenvalue weighted by Crippen LogP contribution is -2.40. The molecular formula is C36H33B2N2O. The number of hydrogen-bond donors (Lipinski definition) is 0. The number of hydrogen-bond acceptors (Lipinski definition) is 2. The molecule has 6 rings (SSSR count). The van der Waals surface area contributed by atoms with Crippen LogP contribution in [0.4, 0.5) is 17.1 Å². The molecule has 0 fully saturated rings. The van der Waals surface area contributed by atoms with Crippen LogP contribution in [0, 0.1) is 0 Å². The van der Waals surface area contributed by atoms with Crippen LogP contribution in [0.25, 0.3) is 27.5 Å². The van der Waals surface area contributed by atoms with Crippen molar-refractivity contribution in [2.45, 2.75) is 38.6 Å². The van der Waals surface area contributed by atoms with Crippen LogP contribution in [0.2, 0.25) is 5.31 Å². The van der Waals surface area contributed by atoms with E-state index >= 15 is 0 Å². The van der Waals surface area contributed by atoms with Crippen molar-refractivity contribution < 1.29 is 4.65 Å². The smallest absolute Gasteiger partial charge is 0.330 e. The second kappa shape index (κ2) is 10.6. The van der Waals surface area contributed by atoms with Crippen molar-refractivity contribution in [3.8, 4) is 5.69 Å². The van der Waals surface area contributed by atoms with E-state index < -0.39 is 10.9 Å². The highest BCUT2D eigenvalue weighted by molar-refractivity contribution is 6.47. The molecule has 0 N–H and O–H groups in total. The lowest BCUT2D eigenvalue weighted by atomic mass is 9.61. The van der Waals surface area contributed by atoms with Gasteiger partial charge in [-0.3, -0.25) is 0 Å². The van der Waals surface area contributed by atoms with Gasteiger partial charge in [-0.15, -0.1) is 0 Å². The summed E-state index contributed by atoms with van der Waals surface area (Å²) in [7, 11) is 8.24. The van der Waals surface area contributed by atoms with Crippen molar-refractivity contribution in [2.24, 2.45) is 0 Å². The van der Waals surface area contributed by atoms with Gasteiger partial charge in [0, 0.05) is 27.7 Å². The molecular weight excluding hydrogens is 498 g/mol. The molecule has 0 saturated carbocycles. The molecule has 5 heteroatoms. The molecule has 0 spiro atoms. The average Bonchev–Trinajstić information content (AvgIpc) is 3.31. The molecule has 1 aromatic heterocycles. The fourth-order valence-corrected chi connectivity index (χ4v) is 5.11. The zero-order valence-electron chi connectivity index (χ0n) is 24.1. The molecule has 0 unspecified atom stereocenters. The Morgan fingerprint density at radius 2 is 1.20 bits per heavy atom. The van der Waals surface area contributed by atoms with Gasteiger partial charge in [0.15, 0.2) is 0 Å². The molecule has 0 atom stereocenters. The van der Waals surface area contributed by atoms with E-state index in [2.05, 4.69) is 137 Å². The Morgan fingerprint density at radius 3 is 1.85 bits per heavy atom. The van der Waals surface area contributed by atoms with Crippen molar-refractivity contribution in [2.75, 3.05) is 4.90 Å². The number of benzene rings is 5. The monoisotopic (exact) mass is 531 g/mol. The van der Waals surface area contributed by atoms with E-state index in [1.54, 1.807) is 0 Å². The molecule has 0 aliphatic carbocycles. The first-order chi connectivity index (χ1) is 19.7. The van der Waals surface area contributed by atoms with E-state index in [0.717, 1.165) is 39.2 Å². The van der Waals surface area contributed by atoms with E-state index in [1.165, 1.54) is 10.8 Å². The van der Waals surface area contributed by atoms with Crippen molar-refractivity contribution in [3.63, 3.8) is 0 Å². The zero-order valence-corrected chi connectivity index (χ0v) is 24.1. The Kier molecular flexibility index (Phi) is 7.01. The summed E-state index contributed by atoms with van der Waals surface area (Å²) in [5.41, 5.74) is 7.09. The number of para-hydroxylation sites is 5. The largest absolute Gasteiger partial charge is 0.430 e. The zero-order chi connectivity index (χ0) is 28.6. The molecule has 5 aromatic carbocycles. The highest BCUT2D eigenvalue weighted by atomic mass is 16.5. The lowest BCUT2D eigenvalue weighted by Gasteiger charge is -2.39. The predicted molar refractivity (Wildman–Crippen MR) is 176 cm³/mol. The summed E-state index contributed by atoms with van der Waals surface area (Å²) in [4.78, 5) is 2.32. The number of fused-ring (bicyclic) bond motifs is 3. The van der Waals surface area contributed by atoms with Gasteiger partial charge in [-0.2, -0.15) is 0 Å². The highest BCUT2D eigenvalue weighted by Crippen LogP contribution is 2.41. The summed E-state index contributed by atoms with van der Waals surface area (Å²) in [5.74, 6) is 0. The number of nitrogens with zero attached hydrogens (tertiary/aromatic N) is 2. The fourth-order valence-electron chi connectivity index (χ4n) is 5.11. The summed E-state index contributed by atoms with van der Waals surface area (Å²) >= 11 is 0. The quantitative estimate of drug-likeness (QED) is 0.183. The van der Waals surface area contributed by atoms with Gasteiger partial charge >= 0.3 is 7.48 Å². The standard InChI is InChI=1S/C36H33B2N2O/c1-35(2,37)36(3,4)41-38-26-23-24-30-29-19-11-12-20-31(29)40(34(30)25-26)33-22-14-13-21-32(33)39(27-15-7-5-8-16-27)28-17-9-6-10-18-28/h5-25H,1-4H3. The van der Waals surface area contributed by atoms with Crippen LogP contribution in [0.5, 0.6) is 0 Å². The van der Waals surface area contributed by atoms with Crippen LogP contribution in [0.15, 0.2) is 127 Å². The van der Waals surface area contributed by atoms with Crippen LogP contribution < -0.4 is 10.4 Å². The minimum Gasteiger partial charge on any atom is -0.430 e. The molecule has 0 aliphatic heterocycles. The summed E-state index contributed by atoms with van der Waals surface area (Å²) in [6, 6.07) is 44.8. The molecule has 1 heterocycles. The van der Waals surface area contributed by atoms with E-state index in [-0.39, 0.29) is 0 Å². The van der Waals surface area contributed by atoms with Crippen LogP contribution in [0.3, 0.4) is 0 Å². The van der Waals surface area contributed by atoms with Crippen LogP contribution in [-0.2, 0) is 4.65 Å². The summed E-state index contributed by atoms with van der Waals surface area (Å²) in [5, 5.41) is 1.90. The summed E-state index contributed by atoms with van der Waals surface area (Å²) in [6.07, 6.45) is 0. The van der Waals surface area contributed by atoms with Crippen molar-refractivity contribution in [3.05, 3.63) is 127 Å². The highest BCUT2D eigenvalue weighted by Gasteiger charge is 2.33. The molecule has 3 nitrogen and oxygen atoms in total. The van der Waals surface area contributed by atoms with Gasteiger partial charge in [0.1, 0.15) is 0 Å². The minimum absolute atomic E-state index is 0.500. The fraction of sp³-hybridized carbons (Fsp3) is 0.167. The molecule has 0 amide bonds. The summed E-state index contributed by atoms with van der Waals surface area (Å²) in [6.45, 7) is 8.03. The molecule has 0 aliphatic rings. The van der Waals surface area contributed by atoms with Gasteiger partial charge in [-0.25, -0.2) is 0 Å². The van der Waals surface area contributed by atoms with E-state index in [0.29, 0.717) is 0 Å². The number of anilines is 3. The molecule has 0 saturated heterocycles. The lowest BCUT2D eigenvalue weighted by molar-refractivity contribution is 0.0767. The number of rotatable bonds is 8. The first-order valence-electron chi connectivity index (χ1n) is 14.1. The predicted octanol–water partition coefficient (Wildman–Crippen LogP) is 8.66. The molecule has 199 valence electrons. The average molecular weight is 531 g/mol. The molecule has 41 heavy (non-hydrogen) atoms. The van der Waals surface area contributed by atoms with Crippen molar-refractivity contribution in [1.82, 2.24) is 4.57 Å².